The highest BCUT2D eigenvalue weighted by atomic mass is 16.7. The molecule has 1 aromatic carbocycles. The van der Waals surface area contributed by atoms with Crippen LogP contribution >= 0.6 is 0 Å². The summed E-state index contributed by atoms with van der Waals surface area (Å²) in [5.74, 6) is -0.326. The van der Waals surface area contributed by atoms with E-state index in [0.29, 0.717) is 18.8 Å². The number of benzene rings is 1. The summed E-state index contributed by atoms with van der Waals surface area (Å²) >= 11 is 0. The lowest BCUT2D eigenvalue weighted by Gasteiger charge is -2.18. The molecule has 1 aromatic rings. The van der Waals surface area contributed by atoms with Gasteiger partial charge in [-0.1, -0.05) is 0 Å². The van der Waals surface area contributed by atoms with Crippen LogP contribution in [-0.2, 0) is 4.79 Å². The van der Waals surface area contributed by atoms with E-state index in [1.165, 1.54) is 12.1 Å². The van der Waals surface area contributed by atoms with Crippen molar-refractivity contribution in [2.75, 3.05) is 19.9 Å². The van der Waals surface area contributed by atoms with Gasteiger partial charge in [-0.05, 0) is 26.0 Å². The van der Waals surface area contributed by atoms with Crippen molar-refractivity contribution < 1.29 is 24.2 Å². The Kier molecular flexibility index (Phi) is 4.12. The predicted molar refractivity (Wildman–Crippen MR) is 71.1 cm³/mol. The molecular formula is C14H17NO5. The van der Waals surface area contributed by atoms with Gasteiger partial charge in [0, 0.05) is 13.1 Å². The third-order valence-electron chi connectivity index (χ3n) is 3.22. The fourth-order valence-electron chi connectivity index (χ4n) is 2.15. The first kappa shape index (κ1) is 14.2. The lowest BCUT2D eigenvalue weighted by Crippen LogP contribution is -2.32. The zero-order valence-electron chi connectivity index (χ0n) is 11.5. The maximum Gasteiger partial charge on any atom is 0.231 e. The molecule has 0 atom stereocenters. The second kappa shape index (κ2) is 5.81. The van der Waals surface area contributed by atoms with Gasteiger partial charge in [0.15, 0.2) is 17.3 Å². The van der Waals surface area contributed by atoms with E-state index >= 15 is 0 Å². The normalized spacial score (nSPS) is 12.3. The van der Waals surface area contributed by atoms with E-state index < -0.39 is 5.78 Å². The molecule has 1 aliphatic heterocycles. The number of rotatable bonds is 5. The van der Waals surface area contributed by atoms with Gasteiger partial charge in [0.05, 0.1) is 6.42 Å². The van der Waals surface area contributed by atoms with Crippen LogP contribution in [0.25, 0.3) is 0 Å². The van der Waals surface area contributed by atoms with Gasteiger partial charge in [0.1, 0.15) is 11.3 Å². The van der Waals surface area contributed by atoms with Gasteiger partial charge < -0.3 is 19.5 Å². The fourth-order valence-corrected chi connectivity index (χ4v) is 2.15. The van der Waals surface area contributed by atoms with E-state index in [4.69, 9.17) is 9.47 Å². The number of amides is 1. The third kappa shape index (κ3) is 2.54. The molecule has 0 radical (unpaired) electrons. The zero-order chi connectivity index (χ0) is 14.7. The number of hydrogen-bond acceptors (Lipinski definition) is 5. The molecule has 1 aliphatic rings. The molecule has 0 aliphatic carbocycles. The Morgan fingerprint density at radius 3 is 2.60 bits per heavy atom. The lowest BCUT2D eigenvalue weighted by atomic mass is 10.0. The number of aromatic hydroxyl groups is 1. The number of nitrogens with zero attached hydrogens (tertiary/aromatic N) is 1. The van der Waals surface area contributed by atoms with E-state index in [-0.39, 0.29) is 36.2 Å². The molecule has 0 spiro atoms. The average Bonchev–Trinajstić information content (AvgIpc) is 2.87. The van der Waals surface area contributed by atoms with Gasteiger partial charge in [-0.3, -0.25) is 9.59 Å². The van der Waals surface area contributed by atoms with Crippen molar-refractivity contribution in [1.82, 2.24) is 4.90 Å². The highest BCUT2D eigenvalue weighted by molar-refractivity contribution is 6.10. The molecule has 20 heavy (non-hydrogen) atoms. The molecular weight excluding hydrogens is 262 g/mol. The predicted octanol–water partition coefficient (Wildman–Crippen LogP) is 1.56. The third-order valence-corrected chi connectivity index (χ3v) is 3.22. The van der Waals surface area contributed by atoms with Crippen LogP contribution < -0.4 is 9.47 Å². The maximum atomic E-state index is 12.2. The van der Waals surface area contributed by atoms with Crippen molar-refractivity contribution >= 4 is 11.7 Å². The standard InChI is InChI=1S/C14H17NO5/c1-3-15(4-2)12(18)7-10(17)13-9(16)5-6-11-14(13)20-8-19-11/h5-6,16H,3-4,7-8H2,1-2H3. The second-order valence-electron chi connectivity index (χ2n) is 4.36. The second-order valence-corrected chi connectivity index (χ2v) is 4.36. The quantitative estimate of drug-likeness (QED) is 0.654. The molecule has 0 fully saturated rings. The molecule has 0 aromatic heterocycles. The number of fused-ring (bicyclic) bond motifs is 1. The molecule has 0 unspecified atom stereocenters. The van der Waals surface area contributed by atoms with Crippen molar-refractivity contribution in [2.45, 2.75) is 20.3 Å². The average molecular weight is 279 g/mol. The smallest absolute Gasteiger partial charge is 0.231 e. The Morgan fingerprint density at radius 1 is 1.25 bits per heavy atom. The summed E-state index contributed by atoms with van der Waals surface area (Å²) in [6.07, 6.45) is -0.297. The fraction of sp³-hybridized carbons (Fsp3) is 0.429. The van der Waals surface area contributed by atoms with Crippen molar-refractivity contribution in [2.24, 2.45) is 0 Å². The summed E-state index contributed by atoms with van der Waals surface area (Å²) in [5, 5.41) is 9.83. The number of Topliss-reactive ketones (excluding diaryl/α,β-unsaturated/α-hetero) is 1. The highest BCUT2D eigenvalue weighted by Gasteiger charge is 2.27. The van der Waals surface area contributed by atoms with Gasteiger partial charge in [0.2, 0.25) is 12.7 Å². The first-order valence-electron chi connectivity index (χ1n) is 6.51. The number of ketones is 1. The van der Waals surface area contributed by atoms with Gasteiger partial charge in [-0.25, -0.2) is 0 Å². The van der Waals surface area contributed by atoms with Crippen molar-refractivity contribution in [3.63, 3.8) is 0 Å². The molecule has 6 heteroatoms. The minimum Gasteiger partial charge on any atom is -0.507 e. The minimum atomic E-state index is -0.471. The number of hydrogen-bond donors (Lipinski definition) is 1. The monoisotopic (exact) mass is 279 g/mol. The minimum absolute atomic E-state index is 0.00303. The van der Waals surface area contributed by atoms with Crippen LogP contribution in [0.4, 0.5) is 0 Å². The number of phenolic OH excluding ortho intramolecular Hbond substituents is 1. The van der Waals surface area contributed by atoms with Crippen LogP contribution in [0.5, 0.6) is 17.2 Å². The Morgan fingerprint density at radius 2 is 1.95 bits per heavy atom. The van der Waals surface area contributed by atoms with Gasteiger partial charge in [-0.15, -0.1) is 0 Å². The number of ether oxygens (including phenoxy) is 2. The van der Waals surface area contributed by atoms with Crippen molar-refractivity contribution in [3.8, 4) is 17.2 Å². The molecule has 2 rings (SSSR count). The highest BCUT2D eigenvalue weighted by Crippen LogP contribution is 2.40. The van der Waals surface area contributed by atoms with Crippen LogP contribution in [0.1, 0.15) is 30.6 Å². The first-order valence-corrected chi connectivity index (χ1v) is 6.51. The number of carbonyl (C=O) groups is 2. The Bertz CT molecular complexity index is 537. The van der Waals surface area contributed by atoms with Crippen molar-refractivity contribution in [1.29, 1.82) is 0 Å². The topological polar surface area (TPSA) is 76.1 Å². The van der Waals surface area contributed by atoms with E-state index in [2.05, 4.69) is 0 Å². The first-order chi connectivity index (χ1) is 9.58. The maximum absolute atomic E-state index is 12.2. The van der Waals surface area contributed by atoms with Crippen LogP contribution in [-0.4, -0.2) is 41.6 Å². The largest absolute Gasteiger partial charge is 0.507 e. The van der Waals surface area contributed by atoms with Crippen molar-refractivity contribution in [3.05, 3.63) is 17.7 Å². The molecule has 108 valence electrons. The Hall–Kier alpha value is -2.24. The molecule has 6 nitrogen and oxygen atoms in total. The Labute approximate surface area is 116 Å². The summed E-state index contributed by atoms with van der Waals surface area (Å²) in [7, 11) is 0. The van der Waals surface area contributed by atoms with Gasteiger partial charge >= 0.3 is 0 Å². The Balaban J connectivity index is 2.22. The van der Waals surface area contributed by atoms with Crippen LogP contribution in [0.15, 0.2) is 12.1 Å². The van der Waals surface area contributed by atoms with Gasteiger partial charge in [-0.2, -0.15) is 0 Å². The van der Waals surface area contributed by atoms with Crippen LogP contribution in [0.2, 0.25) is 0 Å². The molecule has 0 bridgehead atoms. The van der Waals surface area contributed by atoms with E-state index in [9.17, 15) is 14.7 Å². The SMILES string of the molecule is CCN(CC)C(=O)CC(=O)c1c(O)ccc2c1OCO2. The molecule has 1 amide bonds. The summed E-state index contributed by atoms with van der Waals surface area (Å²) in [4.78, 5) is 25.7. The summed E-state index contributed by atoms with van der Waals surface area (Å²) in [6, 6.07) is 2.89. The summed E-state index contributed by atoms with van der Waals surface area (Å²) < 4.78 is 10.4. The molecule has 1 heterocycles. The zero-order valence-corrected chi connectivity index (χ0v) is 11.5. The van der Waals surface area contributed by atoms with Gasteiger partial charge in [0.25, 0.3) is 0 Å². The summed E-state index contributed by atoms with van der Waals surface area (Å²) in [6.45, 7) is 4.78. The van der Waals surface area contributed by atoms with Crippen LogP contribution in [0, 0.1) is 0 Å². The molecule has 0 saturated carbocycles. The lowest BCUT2D eigenvalue weighted by molar-refractivity contribution is -0.129. The molecule has 1 N–H and O–H groups in total. The summed E-state index contributed by atoms with van der Waals surface area (Å²) in [5.41, 5.74) is 0.0144. The van der Waals surface area contributed by atoms with E-state index in [1.54, 1.807) is 4.90 Å². The molecule has 0 saturated heterocycles. The van der Waals surface area contributed by atoms with E-state index in [0.717, 1.165) is 0 Å². The van der Waals surface area contributed by atoms with Crippen LogP contribution in [0.3, 0.4) is 0 Å². The van der Waals surface area contributed by atoms with E-state index in [1.807, 2.05) is 13.8 Å². The number of carbonyl (C=O) groups excluding carboxylic acids is 2. The number of phenols is 1.